The lowest BCUT2D eigenvalue weighted by Gasteiger charge is -2.17. The van der Waals surface area contributed by atoms with Crippen molar-refractivity contribution >= 4 is 0 Å². The van der Waals surface area contributed by atoms with Crippen molar-refractivity contribution in [3.05, 3.63) is 29.3 Å². The molecule has 108 valence electrons. The Morgan fingerprint density at radius 2 is 1.79 bits per heavy atom. The average Bonchev–Trinajstić information content (AvgIpc) is 2.34. The highest BCUT2D eigenvalue weighted by Gasteiger charge is 2.31. The zero-order valence-corrected chi connectivity index (χ0v) is 11.4. The minimum absolute atomic E-state index is 0.185. The van der Waals surface area contributed by atoms with Crippen molar-refractivity contribution in [2.45, 2.75) is 38.9 Å². The van der Waals surface area contributed by atoms with E-state index in [9.17, 15) is 13.2 Å². The van der Waals surface area contributed by atoms with Gasteiger partial charge in [0.2, 0.25) is 0 Å². The maximum atomic E-state index is 12.8. The molecule has 1 rings (SSSR count). The summed E-state index contributed by atoms with van der Waals surface area (Å²) in [7, 11) is 1.35. The highest BCUT2D eigenvalue weighted by molar-refractivity contribution is 5.37. The zero-order valence-electron chi connectivity index (χ0n) is 11.4. The van der Waals surface area contributed by atoms with Gasteiger partial charge in [0.1, 0.15) is 5.75 Å². The van der Waals surface area contributed by atoms with Gasteiger partial charge >= 0.3 is 6.18 Å². The summed E-state index contributed by atoms with van der Waals surface area (Å²) in [6, 6.07) is 3.26. The monoisotopic (exact) mass is 275 g/mol. The van der Waals surface area contributed by atoms with Gasteiger partial charge in [-0.3, -0.25) is 0 Å². The summed E-state index contributed by atoms with van der Waals surface area (Å²) in [4.78, 5) is 0. The second-order valence-corrected chi connectivity index (χ2v) is 5.07. The van der Waals surface area contributed by atoms with Crippen LogP contribution in [-0.4, -0.2) is 7.11 Å². The minimum Gasteiger partial charge on any atom is -0.497 e. The molecule has 0 fully saturated rings. The van der Waals surface area contributed by atoms with Gasteiger partial charge in [-0.25, -0.2) is 0 Å². The second-order valence-electron chi connectivity index (χ2n) is 5.07. The van der Waals surface area contributed by atoms with E-state index in [0.717, 1.165) is 18.6 Å². The number of nitrogens with two attached hydrogens (primary N) is 1. The molecule has 2 nitrogen and oxygen atoms in total. The molecule has 0 bridgehead atoms. The summed E-state index contributed by atoms with van der Waals surface area (Å²) < 4.78 is 43.2. The van der Waals surface area contributed by atoms with Gasteiger partial charge in [0.15, 0.2) is 0 Å². The molecular weight excluding hydrogens is 255 g/mol. The molecule has 2 N–H and O–H groups in total. The van der Waals surface area contributed by atoms with Crippen LogP contribution in [0.25, 0.3) is 0 Å². The third-order valence-corrected chi connectivity index (χ3v) is 2.98. The van der Waals surface area contributed by atoms with Crippen LogP contribution in [0.15, 0.2) is 18.2 Å². The molecule has 0 saturated carbocycles. The van der Waals surface area contributed by atoms with Crippen LogP contribution in [0.5, 0.6) is 5.75 Å². The maximum Gasteiger partial charge on any atom is 0.416 e. The van der Waals surface area contributed by atoms with Crippen LogP contribution in [0.4, 0.5) is 13.2 Å². The zero-order chi connectivity index (χ0) is 14.6. The largest absolute Gasteiger partial charge is 0.497 e. The number of methoxy groups -OCH3 is 1. The molecule has 0 amide bonds. The molecular formula is C14H20F3NO. The quantitative estimate of drug-likeness (QED) is 0.876. The molecule has 19 heavy (non-hydrogen) atoms. The van der Waals surface area contributed by atoms with E-state index in [0.29, 0.717) is 17.9 Å². The molecule has 5 heteroatoms. The fraction of sp³-hybridized carbons (Fsp3) is 0.571. The first-order valence-corrected chi connectivity index (χ1v) is 6.25. The molecule has 1 aromatic carbocycles. The van der Waals surface area contributed by atoms with Gasteiger partial charge in [-0.1, -0.05) is 13.8 Å². The normalized spacial score (nSPS) is 13.7. The van der Waals surface area contributed by atoms with Crippen molar-refractivity contribution in [1.82, 2.24) is 0 Å². The van der Waals surface area contributed by atoms with Crippen molar-refractivity contribution in [2.24, 2.45) is 11.7 Å². The van der Waals surface area contributed by atoms with E-state index in [1.54, 1.807) is 6.07 Å². The predicted molar refractivity (Wildman–Crippen MR) is 69.0 cm³/mol. The Morgan fingerprint density at radius 1 is 1.16 bits per heavy atom. The molecule has 0 aliphatic heterocycles. The van der Waals surface area contributed by atoms with Crippen molar-refractivity contribution in [1.29, 1.82) is 0 Å². The second kappa shape index (κ2) is 6.28. The summed E-state index contributed by atoms with van der Waals surface area (Å²) in [6.45, 7) is 4.11. The Balaban J connectivity index is 2.99. The highest BCUT2D eigenvalue weighted by atomic mass is 19.4. The van der Waals surface area contributed by atoms with Crippen LogP contribution in [-0.2, 0) is 6.18 Å². The van der Waals surface area contributed by atoms with E-state index in [2.05, 4.69) is 13.8 Å². The molecule has 0 aliphatic rings. The number of ether oxygens (including phenoxy) is 1. The Morgan fingerprint density at radius 3 is 2.26 bits per heavy atom. The van der Waals surface area contributed by atoms with Gasteiger partial charge in [-0.15, -0.1) is 0 Å². The molecule has 0 spiro atoms. The van der Waals surface area contributed by atoms with E-state index < -0.39 is 17.8 Å². The van der Waals surface area contributed by atoms with Gasteiger partial charge < -0.3 is 10.5 Å². The summed E-state index contributed by atoms with van der Waals surface area (Å²) in [5, 5.41) is 0. The van der Waals surface area contributed by atoms with Crippen molar-refractivity contribution in [3.63, 3.8) is 0 Å². The van der Waals surface area contributed by atoms with Gasteiger partial charge in [-0.2, -0.15) is 13.2 Å². The molecule has 0 unspecified atom stereocenters. The first-order valence-electron chi connectivity index (χ1n) is 6.25. The third-order valence-electron chi connectivity index (χ3n) is 2.98. The summed E-state index contributed by atoms with van der Waals surface area (Å²) in [6.07, 6.45) is -2.86. The number of benzene rings is 1. The average molecular weight is 275 g/mol. The molecule has 0 saturated heterocycles. The fourth-order valence-corrected chi connectivity index (χ4v) is 1.80. The van der Waals surface area contributed by atoms with Crippen LogP contribution in [0, 0.1) is 5.92 Å². The number of hydrogen-bond acceptors (Lipinski definition) is 2. The summed E-state index contributed by atoms with van der Waals surface area (Å²) in [5.41, 5.74) is 5.70. The lowest BCUT2D eigenvalue weighted by atomic mass is 9.96. The maximum absolute atomic E-state index is 12.8. The Hall–Kier alpha value is -1.23. The van der Waals surface area contributed by atoms with Gasteiger partial charge in [-0.05, 0) is 42.5 Å². The lowest BCUT2D eigenvalue weighted by Crippen LogP contribution is -2.14. The first kappa shape index (κ1) is 15.8. The van der Waals surface area contributed by atoms with Gasteiger partial charge in [0.25, 0.3) is 0 Å². The molecule has 0 radical (unpaired) electrons. The van der Waals surface area contributed by atoms with Crippen molar-refractivity contribution in [2.75, 3.05) is 7.11 Å². The highest BCUT2D eigenvalue weighted by Crippen LogP contribution is 2.34. The number of rotatable bonds is 5. The van der Waals surface area contributed by atoms with E-state index in [-0.39, 0.29) is 5.75 Å². The molecule has 0 heterocycles. The molecule has 1 atom stereocenters. The first-order chi connectivity index (χ1) is 8.74. The Bertz CT molecular complexity index is 416. The summed E-state index contributed by atoms with van der Waals surface area (Å²) in [5.74, 6) is 0.656. The summed E-state index contributed by atoms with van der Waals surface area (Å²) >= 11 is 0. The standard InChI is InChI=1S/C14H20F3NO/c1-9(2)4-5-13(18)10-6-11(14(15,16)17)8-12(7-10)19-3/h6-9,13H,4-5,18H2,1-3H3/t13-/m1/s1. The fourth-order valence-electron chi connectivity index (χ4n) is 1.80. The van der Waals surface area contributed by atoms with Crippen molar-refractivity contribution < 1.29 is 17.9 Å². The molecule has 1 aromatic rings. The van der Waals surface area contributed by atoms with E-state index in [1.165, 1.54) is 7.11 Å². The van der Waals surface area contributed by atoms with Crippen LogP contribution in [0.1, 0.15) is 43.9 Å². The predicted octanol–water partition coefficient (Wildman–Crippen LogP) is 4.15. The Kier molecular flexibility index (Phi) is 5.23. The topological polar surface area (TPSA) is 35.2 Å². The number of alkyl halides is 3. The smallest absolute Gasteiger partial charge is 0.416 e. The lowest BCUT2D eigenvalue weighted by molar-refractivity contribution is -0.137. The van der Waals surface area contributed by atoms with Crippen LogP contribution < -0.4 is 10.5 Å². The van der Waals surface area contributed by atoms with Gasteiger partial charge in [0.05, 0.1) is 12.7 Å². The van der Waals surface area contributed by atoms with Gasteiger partial charge in [0, 0.05) is 6.04 Å². The third kappa shape index (κ3) is 4.74. The van der Waals surface area contributed by atoms with Crippen LogP contribution in [0.3, 0.4) is 0 Å². The molecule has 0 aliphatic carbocycles. The van der Waals surface area contributed by atoms with E-state index in [1.807, 2.05) is 0 Å². The van der Waals surface area contributed by atoms with E-state index >= 15 is 0 Å². The minimum atomic E-state index is -4.39. The number of halogens is 3. The van der Waals surface area contributed by atoms with Crippen LogP contribution >= 0.6 is 0 Å². The van der Waals surface area contributed by atoms with Crippen molar-refractivity contribution in [3.8, 4) is 5.75 Å². The molecule has 0 aromatic heterocycles. The van der Waals surface area contributed by atoms with Crippen LogP contribution in [0.2, 0.25) is 0 Å². The SMILES string of the molecule is COc1cc([C@H](N)CCC(C)C)cc(C(F)(F)F)c1. The number of hydrogen-bond donors (Lipinski definition) is 1. The van der Waals surface area contributed by atoms with E-state index in [4.69, 9.17) is 10.5 Å². The Labute approximate surface area is 111 Å².